The quantitative estimate of drug-likeness (QED) is 0.735. The van der Waals surface area contributed by atoms with Crippen LogP contribution in [0.5, 0.6) is 5.75 Å². The Balaban J connectivity index is 1.16. The topological polar surface area (TPSA) is 66.9 Å². The molecule has 1 aromatic rings. The van der Waals surface area contributed by atoms with Gasteiger partial charge >= 0.3 is 0 Å². The minimum atomic E-state index is -0.361. The first-order valence-electron chi connectivity index (χ1n) is 11.5. The van der Waals surface area contributed by atoms with E-state index in [4.69, 9.17) is 9.47 Å². The van der Waals surface area contributed by atoms with Crippen LogP contribution in [-0.4, -0.2) is 74.4 Å². The molecule has 1 saturated carbocycles. The zero-order valence-electron chi connectivity index (χ0n) is 18.4. The van der Waals surface area contributed by atoms with Gasteiger partial charge in [0, 0.05) is 57.5 Å². The number of fused-ring (bicyclic) bond motifs is 1. The molecule has 0 radical (unpaired) electrons. The van der Waals surface area contributed by atoms with Gasteiger partial charge in [-0.05, 0) is 57.6 Å². The summed E-state index contributed by atoms with van der Waals surface area (Å²) in [7, 11) is 1.58. The summed E-state index contributed by atoms with van der Waals surface area (Å²) in [6.45, 7) is 7.97. The van der Waals surface area contributed by atoms with Crippen LogP contribution in [0, 0.1) is 5.92 Å². The molecule has 1 aliphatic carbocycles. The fraction of sp³-hybridized carbons (Fsp3) is 0.739. The molecule has 3 aliphatic rings. The summed E-state index contributed by atoms with van der Waals surface area (Å²) >= 11 is 0. The number of methoxy groups -OCH3 is 1. The summed E-state index contributed by atoms with van der Waals surface area (Å²) in [5.74, 6) is 2.84. The average molecular weight is 417 g/mol. The number of pyridine rings is 1. The number of amides is 1. The third kappa shape index (κ3) is 5.06. The Labute approximate surface area is 180 Å². The molecular formula is C23H36N4O3. The van der Waals surface area contributed by atoms with Crippen LogP contribution in [0.1, 0.15) is 44.6 Å². The first-order chi connectivity index (χ1) is 14.6. The van der Waals surface area contributed by atoms with Crippen molar-refractivity contribution >= 4 is 11.7 Å². The van der Waals surface area contributed by atoms with Gasteiger partial charge in [0.25, 0.3) is 0 Å². The summed E-state index contributed by atoms with van der Waals surface area (Å²) in [6, 6.07) is 2.40. The minimum absolute atomic E-state index is 0.0165. The van der Waals surface area contributed by atoms with E-state index in [0.717, 1.165) is 69.5 Å². The zero-order valence-corrected chi connectivity index (χ0v) is 18.4. The number of hydrogen-bond donors (Lipinski definition) is 1. The summed E-state index contributed by atoms with van der Waals surface area (Å²) in [5.41, 5.74) is 1.30. The molecule has 0 unspecified atom stereocenters. The van der Waals surface area contributed by atoms with Crippen molar-refractivity contribution in [3.05, 3.63) is 17.8 Å². The van der Waals surface area contributed by atoms with Crippen molar-refractivity contribution in [1.82, 2.24) is 15.2 Å². The van der Waals surface area contributed by atoms with Gasteiger partial charge in [0.15, 0.2) is 11.6 Å². The van der Waals surface area contributed by atoms with Gasteiger partial charge in [-0.3, -0.25) is 9.69 Å². The maximum absolute atomic E-state index is 12.0. The number of anilines is 1. The molecule has 0 bridgehead atoms. The second-order valence-corrected chi connectivity index (χ2v) is 8.94. The minimum Gasteiger partial charge on any atom is -0.489 e. The smallest absolute Gasteiger partial charge is 0.249 e. The van der Waals surface area contributed by atoms with E-state index in [1.165, 1.54) is 31.4 Å². The van der Waals surface area contributed by atoms with Gasteiger partial charge in [-0.15, -0.1) is 0 Å². The molecule has 1 N–H and O–H groups in total. The fourth-order valence-corrected chi connectivity index (χ4v) is 4.89. The van der Waals surface area contributed by atoms with Gasteiger partial charge in [-0.25, -0.2) is 4.98 Å². The molecule has 3 heterocycles. The molecule has 0 aromatic carbocycles. The number of aromatic nitrogens is 1. The van der Waals surface area contributed by atoms with E-state index in [2.05, 4.69) is 26.2 Å². The molecule has 1 saturated heterocycles. The Morgan fingerprint density at radius 3 is 2.77 bits per heavy atom. The Morgan fingerprint density at radius 1 is 1.27 bits per heavy atom. The van der Waals surface area contributed by atoms with E-state index in [1.54, 1.807) is 14.0 Å². The fourth-order valence-electron chi connectivity index (χ4n) is 4.89. The zero-order chi connectivity index (χ0) is 20.9. The lowest BCUT2D eigenvalue weighted by Gasteiger charge is -2.37. The van der Waals surface area contributed by atoms with Crippen molar-refractivity contribution in [3.8, 4) is 5.75 Å². The Kier molecular flexibility index (Phi) is 7.10. The lowest BCUT2D eigenvalue weighted by atomic mass is 9.84. The molecule has 1 atom stereocenters. The van der Waals surface area contributed by atoms with Crippen LogP contribution in [0.2, 0.25) is 0 Å². The monoisotopic (exact) mass is 416 g/mol. The predicted octanol–water partition coefficient (Wildman–Crippen LogP) is 2.24. The van der Waals surface area contributed by atoms with Crippen molar-refractivity contribution in [2.75, 3.05) is 51.3 Å². The first-order valence-corrected chi connectivity index (χ1v) is 11.5. The molecule has 2 aliphatic heterocycles. The van der Waals surface area contributed by atoms with Crippen LogP contribution in [0.4, 0.5) is 5.82 Å². The largest absolute Gasteiger partial charge is 0.489 e. The number of nitrogens with one attached hydrogen (secondary N) is 1. The van der Waals surface area contributed by atoms with Gasteiger partial charge in [0.2, 0.25) is 5.91 Å². The lowest BCUT2D eigenvalue weighted by molar-refractivity contribution is -0.131. The number of piperazine rings is 1. The number of rotatable bonds is 7. The highest BCUT2D eigenvalue weighted by Gasteiger charge is 2.27. The maximum atomic E-state index is 12.0. The van der Waals surface area contributed by atoms with Gasteiger partial charge in [-0.2, -0.15) is 0 Å². The number of hydrogen-bond acceptors (Lipinski definition) is 6. The van der Waals surface area contributed by atoms with Crippen molar-refractivity contribution in [2.45, 2.75) is 57.6 Å². The van der Waals surface area contributed by atoms with E-state index in [0.29, 0.717) is 6.04 Å². The molecular weight excluding hydrogens is 380 g/mol. The number of carbonyl (C=O) groups excluding carboxylic acids is 1. The molecule has 7 nitrogen and oxygen atoms in total. The molecule has 0 spiro atoms. The number of nitrogens with zero attached hydrogens (tertiary/aromatic N) is 3. The SMILES string of the molecule is CO[C@H](C)C(=O)NC1CCC(CCN2CCN(c3nccc4c3OCC4)CC2)CC1. The average Bonchev–Trinajstić information content (AvgIpc) is 3.27. The van der Waals surface area contributed by atoms with Crippen molar-refractivity contribution in [3.63, 3.8) is 0 Å². The molecule has 166 valence electrons. The van der Waals surface area contributed by atoms with E-state index in [1.807, 2.05) is 6.20 Å². The van der Waals surface area contributed by atoms with Crippen LogP contribution in [-0.2, 0) is 16.0 Å². The standard InChI is InChI=1S/C23H36N4O3/c1-17(29-2)23(28)25-20-5-3-18(4-6-20)8-11-26-12-14-27(15-13-26)22-21-19(7-10-24-22)9-16-30-21/h7,10,17-18,20H,3-6,8-9,11-16H2,1-2H3,(H,25,28)/t17-,18?,20?/m1/s1. The van der Waals surface area contributed by atoms with Crippen LogP contribution < -0.4 is 15.0 Å². The molecule has 7 heteroatoms. The molecule has 30 heavy (non-hydrogen) atoms. The van der Waals surface area contributed by atoms with E-state index < -0.39 is 0 Å². The van der Waals surface area contributed by atoms with Crippen molar-refractivity contribution < 1.29 is 14.3 Å². The summed E-state index contributed by atoms with van der Waals surface area (Å²) < 4.78 is 10.9. The highest BCUT2D eigenvalue weighted by molar-refractivity contribution is 5.80. The third-order valence-corrected chi connectivity index (χ3v) is 7.03. The normalized spacial score (nSPS) is 25.5. The summed E-state index contributed by atoms with van der Waals surface area (Å²) in [4.78, 5) is 21.6. The van der Waals surface area contributed by atoms with E-state index in [-0.39, 0.29) is 12.0 Å². The van der Waals surface area contributed by atoms with Gasteiger partial charge in [-0.1, -0.05) is 0 Å². The Bertz CT molecular complexity index is 712. The Morgan fingerprint density at radius 2 is 2.03 bits per heavy atom. The predicted molar refractivity (Wildman–Crippen MR) is 117 cm³/mol. The number of ether oxygens (including phenoxy) is 2. The van der Waals surface area contributed by atoms with Crippen LogP contribution in [0.25, 0.3) is 0 Å². The third-order valence-electron chi connectivity index (χ3n) is 7.03. The molecule has 2 fully saturated rings. The molecule has 1 amide bonds. The second-order valence-electron chi connectivity index (χ2n) is 8.94. The van der Waals surface area contributed by atoms with Gasteiger partial charge in [0.05, 0.1) is 6.61 Å². The lowest BCUT2D eigenvalue weighted by Crippen LogP contribution is -2.47. The van der Waals surface area contributed by atoms with Gasteiger partial charge in [0.1, 0.15) is 6.10 Å². The summed E-state index contributed by atoms with van der Waals surface area (Å²) in [6.07, 6.45) is 8.42. The molecule has 1 aromatic heterocycles. The van der Waals surface area contributed by atoms with Crippen molar-refractivity contribution in [1.29, 1.82) is 0 Å². The van der Waals surface area contributed by atoms with E-state index >= 15 is 0 Å². The van der Waals surface area contributed by atoms with E-state index in [9.17, 15) is 4.79 Å². The van der Waals surface area contributed by atoms with Crippen LogP contribution in [0.3, 0.4) is 0 Å². The number of carbonyl (C=O) groups is 1. The highest BCUT2D eigenvalue weighted by atomic mass is 16.5. The second kappa shape index (κ2) is 9.96. The Hall–Kier alpha value is -1.86. The molecule has 4 rings (SSSR count). The van der Waals surface area contributed by atoms with Gasteiger partial charge < -0.3 is 19.7 Å². The maximum Gasteiger partial charge on any atom is 0.249 e. The van der Waals surface area contributed by atoms with Crippen molar-refractivity contribution in [2.24, 2.45) is 5.92 Å². The van der Waals surface area contributed by atoms with Crippen LogP contribution >= 0.6 is 0 Å². The summed E-state index contributed by atoms with van der Waals surface area (Å²) in [5, 5.41) is 3.14. The first kappa shape index (κ1) is 21.4. The highest BCUT2D eigenvalue weighted by Crippen LogP contribution is 2.34. The van der Waals surface area contributed by atoms with Crippen LogP contribution in [0.15, 0.2) is 12.3 Å².